The highest BCUT2D eigenvalue weighted by Gasteiger charge is 2.41. The highest BCUT2D eigenvalue weighted by molar-refractivity contribution is 9.10. The molecule has 2 atom stereocenters. The van der Waals surface area contributed by atoms with Crippen LogP contribution in [0.5, 0.6) is 0 Å². The number of para-hydroxylation sites is 2. The minimum absolute atomic E-state index is 0.0484. The monoisotopic (exact) mass is 573 g/mol. The van der Waals surface area contributed by atoms with Crippen LogP contribution in [-0.4, -0.2) is 32.0 Å². The summed E-state index contributed by atoms with van der Waals surface area (Å²) in [6.07, 6.45) is 2.11. The van der Waals surface area contributed by atoms with Gasteiger partial charge in [-0.1, -0.05) is 36.4 Å². The Morgan fingerprint density at radius 1 is 1.05 bits per heavy atom. The van der Waals surface area contributed by atoms with E-state index in [-0.39, 0.29) is 18.0 Å². The van der Waals surface area contributed by atoms with Crippen LogP contribution in [0.3, 0.4) is 0 Å². The number of aromatic nitrogens is 2. The van der Waals surface area contributed by atoms with Crippen LogP contribution in [0, 0.1) is 13.8 Å². The Bertz CT molecular complexity index is 1420. The number of nitrogens with zero attached hydrogens (tertiary/aromatic N) is 3. The Hall–Kier alpha value is -3.49. The third kappa shape index (κ3) is 5.17. The van der Waals surface area contributed by atoms with Gasteiger partial charge >= 0.3 is 0 Å². The summed E-state index contributed by atoms with van der Waals surface area (Å²) in [7, 11) is 0. The largest absolute Gasteiger partial charge is 0.352 e. The van der Waals surface area contributed by atoms with Gasteiger partial charge < -0.3 is 20.1 Å². The second-order valence-electron chi connectivity index (χ2n) is 9.10. The number of aryl methyl sites for hydroxylation is 1. The van der Waals surface area contributed by atoms with Crippen LogP contribution in [0.4, 0.5) is 5.69 Å². The fourth-order valence-corrected chi connectivity index (χ4v) is 5.84. The smallest absolute Gasteiger partial charge is 0.226 e. The molecule has 1 aliphatic rings. The number of hydrogen-bond acceptors (Lipinski definition) is 3. The number of hydrogen-bond donors (Lipinski definition) is 2. The topological polar surface area (TPSA) is 62.2 Å². The molecular formula is C29H28BrN5OS. The summed E-state index contributed by atoms with van der Waals surface area (Å²) < 4.78 is 3.29. The predicted molar refractivity (Wildman–Crippen MR) is 155 cm³/mol. The van der Waals surface area contributed by atoms with Crippen molar-refractivity contribution < 1.29 is 4.79 Å². The van der Waals surface area contributed by atoms with Crippen molar-refractivity contribution in [2.45, 2.75) is 32.4 Å². The van der Waals surface area contributed by atoms with Gasteiger partial charge in [0.25, 0.3) is 0 Å². The molecule has 1 aliphatic heterocycles. The molecule has 0 radical (unpaired) electrons. The zero-order valence-electron chi connectivity index (χ0n) is 20.7. The highest BCUT2D eigenvalue weighted by atomic mass is 79.9. The summed E-state index contributed by atoms with van der Waals surface area (Å²) in [5.74, 6) is -0.0484. The molecular weight excluding hydrogens is 546 g/mol. The molecule has 0 aliphatic carbocycles. The van der Waals surface area contributed by atoms with Crippen molar-refractivity contribution in [1.29, 1.82) is 0 Å². The lowest BCUT2D eigenvalue weighted by atomic mass is 9.96. The minimum Gasteiger partial charge on any atom is -0.352 e. The molecule has 37 heavy (non-hydrogen) atoms. The van der Waals surface area contributed by atoms with Crippen molar-refractivity contribution in [3.05, 3.63) is 112 Å². The van der Waals surface area contributed by atoms with Crippen LogP contribution >= 0.6 is 28.1 Å². The number of nitrogens with one attached hydrogen (secondary N) is 2. The van der Waals surface area contributed by atoms with E-state index < -0.39 is 0 Å². The number of carbonyl (C=O) groups is 1. The molecule has 1 amide bonds. The van der Waals surface area contributed by atoms with E-state index in [0.717, 1.165) is 38.5 Å². The van der Waals surface area contributed by atoms with Crippen LogP contribution in [0.2, 0.25) is 0 Å². The zero-order chi connectivity index (χ0) is 25.9. The lowest BCUT2D eigenvalue weighted by molar-refractivity contribution is -0.116. The first-order valence-corrected chi connectivity index (χ1v) is 13.4. The van der Waals surface area contributed by atoms with Gasteiger partial charge in [-0.2, -0.15) is 0 Å². The van der Waals surface area contributed by atoms with Crippen LogP contribution < -0.4 is 10.6 Å². The van der Waals surface area contributed by atoms with E-state index in [1.165, 1.54) is 0 Å². The second kappa shape index (κ2) is 10.9. The number of halogens is 1. The number of carbonyl (C=O) groups excluding carboxylic acids is 1. The van der Waals surface area contributed by atoms with E-state index in [4.69, 9.17) is 12.2 Å². The lowest BCUT2D eigenvalue weighted by Crippen LogP contribution is -2.32. The SMILES string of the molecule is Cc1cc([C@@H]2[C@@H](c3ccccn3)NC(=S)N2CCC(=O)Nc2ccccc2)c(C)n1-c1ccccc1Br. The van der Waals surface area contributed by atoms with Crippen LogP contribution in [0.1, 0.15) is 41.1 Å². The predicted octanol–water partition coefficient (Wildman–Crippen LogP) is 6.25. The summed E-state index contributed by atoms with van der Waals surface area (Å²) in [5.41, 5.74) is 6.19. The van der Waals surface area contributed by atoms with E-state index in [0.29, 0.717) is 18.1 Å². The van der Waals surface area contributed by atoms with Crippen molar-refractivity contribution in [3.8, 4) is 5.69 Å². The molecule has 5 rings (SSSR count). The average Bonchev–Trinajstić information content (AvgIpc) is 3.38. The van der Waals surface area contributed by atoms with Gasteiger partial charge in [0.05, 0.1) is 23.5 Å². The number of thiocarbonyl (C=S) groups is 1. The number of benzene rings is 2. The Morgan fingerprint density at radius 3 is 2.51 bits per heavy atom. The fraction of sp³-hybridized carbons (Fsp3) is 0.207. The maximum atomic E-state index is 12.8. The summed E-state index contributed by atoms with van der Waals surface area (Å²) in [6.45, 7) is 4.74. The molecule has 2 aromatic carbocycles. The standard InChI is InChI=1S/C29H28BrN5OS/c1-19-18-22(20(2)35(19)25-14-7-6-12-23(25)30)28-27(24-13-8-9-16-31-24)33-29(37)34(28)17-15-26(36)32-21-10-4-3-5-11-21/h3-14,16,18,27-28H,15,17H2,1-2H3,(H,32,36)(H,33,37)/t27-,28-/m1/s1. The van der Waals surface area contributed by atoms with Crippen molar-refractivity contribution in [2.24, 2.45) is 0 Å². The second-order valence-corrected chi connectivity index (χ2v) is 10.3. The van der Waals surface area contributed by atoms with Gasteiger partial charge in [0.2, 0.25) is 5.91 Å². The lowest BCUT2D eigenvalue weighted by Gasteiger charge is -2.28. The molecule has 0 bridgehead atoms. The van der Waals surface area contributed by atoms with Gasteiger partial charge in [-0.3, -0.25) is 9.78 Å². The minimum atomic E-state index is -0.140. The molecule has 0 spiro atoms. The van der Waals surface area contributed by atoms with Crippen LogP contribution in [0.15, 0.2) is 89.5 Å². The van der Waals surface area contributed by atoms with Gasteiger partial charge in [0, 0.05) is 40.7 Å². The van der Waals surface area contributed by atoms with Crippen molar-refractivity contribution in [3.63, 3.8) is 0 Å². The molecule has 4 aromatic rings. The molecule has 188 valence electrons. The number of amides is 1. The Kier molecular flexibility index (Phi) is 7.39. The fourth-order valence-electron chi connectivity index (χ4n) is 5.04. The zero-order valence-corrected chi connectivity index (χ0v) is 23.1. The third-order valence-electron chi connectivity index (χ3n) is 6.72. The van der Waals surface area contributed by atoms with Gasteiger partial charge in [-0.05, 0) is 90.0 Å². The van der Waals surface area contributed by atoms with Crippen molar-refractivity contribution >= 4 is 44.9 Å². The Morgan fingerprint density at radius 2 is 1.78 bits per heavy atom. The van der Waals surface area contributed by atoms with Crippen LogP contribution in [-0.2, 0) is 4.79 Å². The average molecular weight is 575 g/mol. The van der Waals surface area contributed by atoms with E-state index in [9.17, 15) is 4.79 Å². The molecule has 2 aromatic heterocycles. The first-order valence-electron chi connectivity index (χ1n) is 12.2. The maximum Gasteiger partial charge on any atom is 0.226 e. The first-order chi connectivity index (χ1) is 17.9. The van der Waals surface area contributed by atoms with Gasteiger partial charge in [0.1, 0.15) is 0 Å². The molecule has 1 saturated heterocycles. The Labute approximate surface area is 230 Å². The van der Waals surface area contributed by atoms with E-state index in [1.54, 1.807) is 6.20 Å². The molecule has 3 heterocycles. The summed E-state index contributed by atoms with van der Waals surface area (Å²) in [6, 6.07) is 25.6. The van der Waals surface area contributed by atoms with Crippen molar-refractivity contribution in [1.82, 2.24) is 19.8 Å². The molecule has 1 fully saturated rings. The number of rotatable bonds is 7. The van der Waals surface area contributed by atoms with Crippen molar-refractivity contribution in [2.75, 3.05) is 11.9 Å². The van der Waals surface area contributed by atoms with Gasteiger partial charge in [0.15, 0.2) is 5.11 Å². The summed E-state index contributed by atoms with van der Waals surface area (Å²) in [5, 5.41) is 7.10. The quantitative estimate of drug-likeness (QED) is 0.256. The van der Waals surface area contributed by atoms with Crippen LogP contribution in [0.25, 0.3) is 5.69 Å². The summed E-state index contributed by atoms with van der Waals surface area (Å²) in [4.78, 5) is 19.6. The third-order valence-corrected chi connectivity index (χ3v) is 7.74. The van der Waals surface area contributed by atoms with Gasteiger partial charge in [-0.15, -0.1) is 0 Å². The molecule has 2 N–H and O–H groups in total. The molecule has 8 heteroatoms. The van der Waals surface area contributed by atoms with E-state index >= 15 is 0 Å². The number of pyridine rings is 1. The Balaban J connectivity index is 1.49. The van der Waals surface area contributed by atoms with E-state index in [1.807, 2.05) is 60.7 Å². The maximum absolute atomic E-state index is 12.8. The summed E-state index contributed by atoms with van der Waals surface area (Å²) >= 11 is 9.53. The molecule has 0 saturated carbocycles. The first kappa shape index (κ1) is 25.2. The van der Waals surface area contributed by atoms with E-state index in [2.05, 4.69) is 73.1 Å². The normalized spacial score (nSPS) is 17.1. The molecule has 0 unspecified atom stereocenters. The molecule has 6 nitrogen and oxygen atoms in total. The number of anilines is 1. The van der Waals surface area contributed by atoms with Gasteiger partial charge in [-0.25, -0.2) is 0 Å². The highest BCUT2D eigenvalue weighted by Crippen LogP contribution is 2.41.